The van der Waals surface area contributed by atoms with Crippen molar-refractivity contribution in [1.29, 1.82) is 0 Å². The topological polar surface area (TPSA) is 104 Å². The molecule has 1 aliphatic carbocycles. The molecule has 47 heavy (non-hydrogen) atoms. The molecular weight excluding hydrogens is 639 g/mol. The van der Waals surface area contributed by atoms with Gasteiger partial charge < -0.3 is 24.6 Å². The Balaban J connectivity index is 1.13. The van der Waals surface area contributed by atoms with E-state index in [0.29, 0.717) is 52.9 Å². The molecule has 0 radical (unpaired) electrons. The monoisotopic (exact) mass is 682 g/mol. The Morgan fingerprint density at radius 2 is 1.72 bits per heavy atom. The van der Waals surface area contributed by atoms with Gasteiger partial charge in [0.25, 0.3) is 5.91 Å². The Hall–Kier alpha value is -3.11. The summed E-state index contributed by atoms with van der Waals surface area (Å²) in [5, 5.41) is 13.8. The predicted molar refractivity (Wildman–Crippen MR) is 184 cm³/mol. The van der Waals surface area contributed by atoms with Crippen LogP contribution in [0.15, 0.2) is 42.6 Å². The molecule has 0 bridgehead atoms. The van der Waals surface area contributed by atoms with E-state index < -0.39 is 5.97 Å². The molecule has 11 heteroatoms. The van der Waals surface area contributed by atoms with Gasteiger partial charge in [-0.25, -0.2) is 0 Å². The third-order valence-corrected chi connectivity index (χ3v) is 11.1. The summed E-state index contributed by atoms with van der Waals surface area (Å²) in [4.78, 5) is 43.0. The van der Waals surface area contributed by atoms with E-state index in [4.69, 9.17) is 27.9 Å². The van der Waals surface area contributed by atoms with Gasteiger partial charge in [-0.15, -0.1) is 0 Å². The average Bonchev–Trinajstić information content (AvgIpc) is 3.64. The number of carbonyl (C=O) groups excluding carboxylic acids is 2. The summed E-state index contributed by atoms with van der Waals surface area (Å²) in [5.74, 6) is -0.629. The standard InChI is InChI=1S/C36H44Cl2N4O5/c1-22-11-13-41(14-12-22)25-17-26(21-47-27-9-7-23(8-10-27)36(45)46)42(19-25)34(43)16-24-15-31(38)32(18-30(24)37)39-35(44)29-20-40(2)33-6-4-3-5-28(29)33/h3-6,15,18,20,22-23,25-27H,7-14,16-17,19,21H2,1-2H3,(H,39,44)(H,45,46)/t23?,25-,26-,27?/m0/s1. The molecule has 2 aromatic carbocycles. The van der Waals surface area contributed by atoms with Crippen LogP contribution in [-0.4, -0.2) is 81.7 Å². The van der Waals surface area contributed by atoms with E-state index in [0.717, 1.165) is 62.0 Å². The van der Waals surface area contributed by atoms with Crippen LogP contribution in [0.3, 0.4) is 0 Å². The van der Waals surface area contributed by atoms with Gasteiger partial charge in [-0.3, -0.25) is 19.3 Å². The van der Waals surface area contributed by atoms with E-state index in [2.05, 4.69) is 17.1 Å². The van der Waals surface area contributed by atoms with Gasteiger partial charge in [0.15, 0.2) is 0 Å². The molecule has 3 aromatic rings. The molecular formula is C36H44Cl2N4O5. The Morgan fingerprint density at radius 1 is 1.00 bits per heavy atom. The molecule has 2 N–H and O–H groups in total. The zero-order valence-electron chi connectivity index (χ0n) is 27.1. The van der Waals surface area contributed by atoms with E-state index in [1.54, 1.807) is 18.3 Å². The van der Waals surface area contributed by atoms with E-state index in [9.17, 15) is 19.5 Å². The van der Waals surface area contributed by atoms with Gasteiger partial charge in [-0.1, -0.05) is 48.3 Å². The fourth-order valence-electron chi connectivity index (χ4n) is 7.53. The second-order valence-corrected chi connectivity index (χ2v) is 14.5. The summed E-state index contributed by atoms with van der Waals surface area (Å²) in [6.45, 7) is 5.44. The molecule has 9 nitrogen and oxygen atoms in total. The quantitative estimate of drug-likeness (QED) is 0.262. The van der Waals surface area contributed by atoms with Gasteiger partial charge in [0, 0.05) is 41.8 Å². The summed E-state index contributed by atoms with van der Waals surface area (Å²) in [7, 11) is 1.90. The van der Waals surface area contributed by atoms with Crippen molar-refractivity contribution in [2.75, 3.05) is 31.6 Å². The lowest BCUT2D eigenvalue weighted by molar-refractivity contribution is -0.144. The number of halogens is 2. The van der Waals surface area contributed by atoms with E-state index in [1.165, 1.54) is 0 Å². The molecule has 2 saturated heterocycles. The number of para-hydroxylation sites is 1. The summed E-state index contributed by atoms with van der Waals surface area (Å²) >= 11 is 13.4. The van der Waals surface area contributed by atoms with Gasteiger partial charge in [0.05, 0.1) is 47.4 Å². The Labute approximate surface area is 286 Å². The average molecular weight is 684 g/mol. The molecule has 1 aromatic heterocycles. The van der Waals surface area contributed by atoms with Crippen LogP contribution in [0.5, 0.6) is 0 Å². The Kier molecular flexibility index (Phi) is 10.5. The molecule has 1 saturated carbocycles. The van der Waals surface area contributed by atoms with Crippen LogP contribution in [-0.2, 0) is 27.8 Å². The number of hydrogen-bond donors (Lipinski definition) is 2. The number of carboxylic acids is 1. The smallest absolute Gasteiger partial charge is 0.306 e. The van der Waals surface area contributed by atoms with Crippen LogP contribution in [0.4, 0.5) is 5.69 Å². The Bertz CT molecular complexity index is 1630. The predicted octanol–water partition coefficient (Wildman–Crippen LogP) is 6.64. The van der Waals surface area contributed by atoms with Gasteiger partial charge in [0.1, 0.15) is 0 Å². The van der Waals surface area contributed by atoms with E-state index in [1.807, 2.05) is 40.8 Å². The van der Waals surface area contributed by atoms with Crippen LogP contribution in [0.1, 0.15) is 67.8 Å². The molecule has 0 unspecified atom stereocenters. The first kappa shape index (κ1) is 33.8. The van der Waals surface area contributed by atoms with E-state index in [-0.39, 0.29) is 42.3 Å². The number of hydrogen-bond acceptors (Lipinski definition) is 5. The van der Waals surface area contributed by atoms with Crippen molar-refractivity contribution in [2.45, 2.75) is 76.5 Å². The molecule has 252 valence electrons. The number of benzene rings is 2. The number of carbonyl (C=O) groups is 3. The molecule has 2 aliphatic heterocycles. The Morgan fingerprint density at radius 3 is 2.45 bits per heavy atom. The summed E-state index contributed by atoms with van der Waals surface area (Å²) in [6.07, 6.45) is 7.76. The number of nitrogens with one attached hydrogen (secondary N) is 1. The maximum absolute atomic E-state index is 13.9. The second-order valence-electron chi connectivity index (χ2n) is 13.7. The largest absolute Gasteiger partial charge is 0.481 e. The van der Waals surface area contributed by atoms with Crippen molar-refractivity contribution in [1.82, 2.24) is 14.4 Å². The van der Waals surface area contributed by atoms with Gasteiger partial charge in [0.2, 0.25) is 5.91 Å². The highest BCUT2D eigenvalue weighted by molar-refractivity contribution is 6.36. The van der Waals surface area contributed by atoms with E-state index >= 15 is 0 Å². The number of likely N-dealkylation sites (tertiary alicyclic amines) is 2. The van der Waals surface area contributed by atoms with Crippen LogP contribution < -0.4 is 5.32 Å². The molecule has 2 amide bonds. The van der Waals surface area contributed by atoms with Gasteiger partial charge in [-0.2, -0.15) is 0 Å². The minimum Gasteiger partial charge on any atom is -0.481 e. The summed E-state index contributed by atoms with van der Waals surface area (Å²) in [5.41, 5.74) is 2.47. The number of nitrogens with zero attached hydrogens (tertiary/aromatic N) is 3. The number of rotatable bonds is 9. The number of aromatic nitrogens is 1. The fourth-order valence-corrected chi connectivity index (χ4v) is 8.00. The van der Waals surface area contributed by atoms with Crippen molar-refractivity contribution in [3.05, 3.63) is 63.8 Å². The number of anilines is 1. The first-order valence-corrected chi connectivity index (χ1v) is 17.5. The zero-order chi connectivity index (χ0) is 33.2. The first-order chi connectivity index (χ1) is 22.6. The fraction of sp³-hybridized carbons (Fsp3) is 0.528. The van der Waals surface area contributed by atoms with Crippen molar-refractivity contribution in [3.63, 3.8) is 0 Å². The summed E-state index contributed by atoms with van der Waals surface area (Å²) < 4.78 is 8.25. The van der Waals surface area contributed by atoms with Crippen molar-refractivity contribution in [3.8, 4) is 0 Å². The molecule has 3 fully saturated rings. The molecule has 6 rings (SSSR count). The second kappa shape index (κ2) is 14.6. The number of piperidine rings is 1. The van der Waals surface area contributed by atoms with Crippen molar-refractivity contribution < 1.29 is 24.2 Å². The third kappa shape index (κ3) is 7.64. The van der Waals surface area contributed by atoms with Gasteiger partial charge in [-0.05, 0) is 87.7 Å². The van der Waals surface area contributed by atoms with Gasteiger partial charge >= 0.3 is 5.97 Å². The molecule has 3 heterocycles. The number of amides is 2. The maximum atomic E-state index is 13.9. The van der Waals surface area contributed by atoms with Crippen LogP contribution in [0, 0.1) is 11.8 Å². The lowest BCUT2D eigenvalue weighted by Gasteiger charge is -2.34. The zero-order valence-corrected chi connectivity index (χ0v) is 28.6. The highest BCUT2D eigenvalue weighted by Crippen LogP contribution is 2.34. The molecule has 0 spiro atoms. The van der Waals surface area contributed by atoms with Crippen molar-refractivity contribution >= 4 is 57.6 Å². The SMILES string of the molecule is CC1CCN([C@H]2C[C@@H](COC3CCC(C(=O)O)CC3)N(C(=O)Cc3cc(Cl)c(NC(=O)c4cn(C)c5ccccc45)cc3Cl)C2)CC1. The first-order valence-electron chi connectivity index (χ1n) is 16.8. The highest BCUT2D eigenvalue weighted by atomic mass is 35.5. The number of carboxylic acid groups (broad SMARTS) is 1. The number of aryl methyl sites for hydroxylation is 1. The lowest BCUT2D eigenvalue weighted by Crippen LogP contribution is -2.43. The maximum Gasteiger partial charge on any atom is 0.306 e. The number of aliphatic carboxylic acids is 1. The number of fused-ring (bicyclic) bond motifs is 1. The van der Waals surface area contributed by atoms with Crippen molar-refractivity contribution in [2.24, 2.45) is 18.9 Å². The minimum absolute atomic E-state index is 0.0160. The molecule has 2 atom stereocenters. The summed E-state index contributed by atoms with van der Waals surface area (Å²) in [6, 6.07) is 11.2. The normalized spacial score (nSPS) is 24.1. The highest BCUT2D eigenvalue weighted by Gasteiger charge is 2.39. The minimum atomic E-state index is -0.728. The van der Waals surface area contributed by atoms with Crippen LogP contribution >= 0.6 is 23.2 Å². The molecule has 3 aliphatic rings. The third-order valence-electron chi connectivity index (χ3n) is 10.5. The lowest BCUT2D eigenvalue weighted by atomic mass is 9.87. The number of ether oxygens (including phenoxy) is 1. The van der Waals surface area contributed by atoms with Crippen LogP contribution in [0.2, 0.25) is 10.0 Å². The van der Waals surface area contributed by atoms with Crippen LogP contribution in [0.25, 0.3) is 10.9 Å².